The van der Waals surface area contributed by atoms with Crippen LogP contribution in [-0.4, -0.2) is 24.3 Å². The van der Waals surface area contributed by atoms with E-state index < -0.39 is 0 Å². The van der Waals surface area contributed by atoms with Crippen molar-refractivity contribution in [3.05, 3.63) is 0 Å². The molecule has 1 N–H and O–H groups in total. The Labute approximate surface area is 120 Å². The summed E-state index contributed by atoms with van der Waals surface area (Å²) in [7, 11) is 0. The lowest BCUT2D eigenvalue weighted by atomic mass is 9.99. The molecule has 0 aromatic carbocycles. The minimum Gasteiger partial charge on any atom is -0.374 e. The zero-order chi connectivity index (χ0) is 14.2. The molecule has 1 rings (SSSR count). The standard InChI is InChI=1S/C17H35NO/c1-5-6-7-8-11-14-19-17(12-9-10-13-17)15-18-16(2,3)4/h18H,5-15H2,1-4H3. The number of nitrogens with one attached hydrogen (secondary N) is 1. The molecule has 0 saturated heterocycles. The minimum atomic E-state index is 0.137. The van der Waals surface area contributed by atoms with Gasteiger partial charge < -0.3 is 10.1 Å². The van der Waals surface area contributed by atoms with Crippen LogP contribution >= 0.6 is 0 Å². The highest BCUT2D eigenvalue weighted by Gasteiger charge is 2.35. The van der Waals surface area contributed by atoms with Crippen molar-refractivity contribution in [2.45, 2.75) is 96.6 Å². The Kier molecular flexibility index (Phi) is 7.38. The fraction of sp³-hybridized carbons (Fsp3) is 1.00. The average molecular weight is 269 g/mol. The molecule has 0 heterocycles. The Morgan fingerprint density at radius 2 is 1.63 bits per heavy atom. The molecule has 0 aromatic heterocycles. The van der Waals surface area contributed by atoms with E-state index in [0.29, 0.717) is 0 Å². The first-order valence-corrected chi connectivity index (χ1v) is 8.36. The molecule has 19 heavy (non-hydrogen) atoms. The second-order valence-corrected chi connectivity index (χ2v) is 7.26. The highest BCUT2D eigenvalue weighted by molar-refractivity contribution is 4.90. The summed E-state index contributed by atoms with van der Waals surface area (Å²) in [5.41, 5.74) is 0.331. The summed E-state index contributed by atoms with van der Waals surface area (Å²) in [5.74, 6) is 0. The second kappa shape index (κ2) is 8.26. The summed E-state index contributed by atoms with van der Waals surface area (Å²) in [6, 6.07) is 0. The van der Waals surface area contributed by atoms with Crippen molar-refractivity contribution in [1.29, 1.82) is 0 Å². The molecule has 0 bridgehead atoms. The summed E-state index contributed by atoms with van der Waals surface area (Å²) >= 11 is 0. The van der Waals surface area contributed by atoms with Gasteiger partial charge in [0, 0.05) is 18.7 Å². The van der Waals surface area contributed by atoms with Crippen molar-refractivity contribution in [1.82, 2.24) is 5.32 Å². The molecule has 0 atom stereocenters. The van der Waals surface area contributed by atoms with Gasteiger partial charge >= 0.3 is 0 Å². The maximum absolute atomic E-state index is 6.30. The molecule has 0 amide bonds. The van der Waals surface area contributed by atoms with E-state index in [1.54, 1.807) is 0 Å². The number of hydrogen-bond donors (Lipinski definition) is 1. The fourth-order valence-corrected chi connectivity index (χ4v) is 2.81. The zero-order valence-electron chi connectivity index (χ0n) is 13.7. The largest absolute Gasteiger partial charge is 0.374 e. The summed E-state index contributed by atoms with van der Waals surface area (Å²) in [4.78, 5) is 0. The molecule has 0 spiro atoms. The number of hydrogen-bond acceptors (Lipinski definition) is 2. The van der Waals surface area contributed by atoms with E-state index in [1.165, 1.54) is 57.8 Å². The van der Waals surface area contributed by atoms with Crippen molar-refractivity contribution < 1.29 is 4.74 Å². The predicted molar refractivity (Wildman–Crippen MR) is 83.7 cm³/mol. The molecule has 2 nitrogen and oxygen atoms in total. The zero-order valence-corrected chi connectivity index (χ0v) is 13.7. The van der Waals surface area contributed by atoms with Crippen LogP contribution in [0.4, 0.5) is 0 Å². The first kappa shape index (κ1) is 17.0. The summed E-state index contributed by atoms with van der Waals surface area (Å²) in [6.45, 7) is 10.9. The Morgan fingerprint density at radius 3 is 2.21 bits per heavy atom. The van der Waals surface area contributed by atoms with Gasteiger partial charge in [-0.1, -0.05) is 45.4 Å². The van der Waals surface area contributed by atoms with E-state index >= 15 is 0 Å². The number of unbranched alkanes of at least 4 members (excludes halogenated alkanes) is 4. The van der Waals surface area contributed by atoms with E-state index in [9.17, 15) is 0 Å². The molecule has 0 unspecified atom stereocenters. The highest BCUT2D eigenvalue weighted by Crippen LogP contribution is 2.33. The van der Waals surface area contributed by atoms with Crippen molar-refractivity contribution >= 4 is 0 Å². The van der Waals surface area contributed by atoms with Crippen LogP contribution in [0.25, 0.3) is 0 Å². The molecule has 1 aliphatic carbocycles. The van der Waals surface area contributed by atoms with Gasteiger partial charge in [0.05, 0.1) is 5.60 Å². The van der Waals surface area contributed by atoms with Gasteiger partial charge in [-0.05, 0) is 40.0 Å². The lowest BCUT2D eigenvalue weighted by molar-refractivity contribution is -0.0440. The fourth-order valence-electron chi connectivity index (χ4n) is 2.81. The van der Waals surface area contributed by atoms with E-state index in [4.69, 9.17) is 4.74 Å². The van der Waals surface area contributed by atoms with E-state index in [2.05, 4.69) is 33.0 Å². The van der Waals surface area contributed by atoms with Gasteiger partial charge in [-0.25, -0.2) is 0 Å². The van der Waals surface area contributed by atoms with Crippen LogP contribution in [0.1, 0.15) is 85.5 Å². The number of ether oxygens (including phenoxy) is 1. The topological polar surface area (TPSA) is 21.3 Å². The molecule has 1 fully saturated rings. The highest BCUT2D eigenvalue weighted by atomic mass is 16.5. The second-order valence-electron chi connectivity index (χ2n) is 7.26. The number of rotatable bonds is 9. The molecule has 1 aliphatic rings. The van der Waals surface area contributed by atoms with Crippen LogP contribution in [0.2, 0.25) is 0 Å². The lowest BCUT2D eigenvalue weighted by Gasteiger charge is -2.33. The maximum Gasteiger partial charge on any atom is 0.0806 e. The molecule has 0 aromatic rings. The molecular weight excluding hydrogens is 234 g/mol. The average Bonchev–Trinajstić information content (AvgIpc) is 2.80. The van der Waals surface area contributed by atoms with Crippen LogP contribution in [0.15, 0.2) is 0 Å². The van der Waals surface area contributed by atoms with Crippen LogP contribution in [0.3, 0.4) is 0 Å². The summed E-state index contributed by atoms with van der Waals surface area (Å²) in [5, 5.41) is 3.64. The Morgan fingerprint density at radius 1 is 1.00 bits per heavy atom. The first-order valence-electron chi connectivity index (χ1n) is 8.36. The lowest BCUT2D eigenvalue weighted by Crippen LogP contribution is -2.48. The Bertz CT molecular complexity index is 226. The molecule has 0 aliphatic heterocycles. The van der Waals surface area contributed by atoms with Gasteiger partial charge in [-0.3, -0.25) is 0 Å². The monoisotopic (exact) mass is 269 g/mol. The van der Waals surface area contributed by atoms with Gasteiger partial charge in [0.1, 0.15) is 0 Å². The third-order valence-corrected chi connectivity index (χ3v) is 4.11. The molecule has 114 valence electrons. The SMILES string of the molecule is CCCCCCCOC1(CNC(C)(C)C)CCCC1. The van der Waals surface area contributed by atoms with Gasteiger partial charge in [-0.2, -0.15) is 0 Å². The van der Waals surface area contributed by atoms with Gasteiger partial charge in [0.25, 0.3) is 0 Å². The van der Waals surface area contributed by atoms with Crippen LogP contribution in [0.5, 0.6) is 0 Å². The molecule has 0 radical (unpaired) electrons. The molecule has 2 heteroatoms. The molecule has 1 saturated carbocycles. The van der Waals surface area contributed by atoms with Crippen LogP contribution in [0, 0.1) is 0 Å². The van der Waals surface area contributed by atoms with Crippen molar-refractivity contribution in [3.8, 4) is 0 Å². The summed E-state index contributed by atoms with van der Waals surface area (Å²) < 4.78 is 6.30. The van der Waals surface area contributed by atoms with Crippen LogP contribution < -0.4 is 5.32 Å². The summed E-state index contributed by atoms with van der Waals surface area (Å²) in [6.07, 6.45) is 11.8. The third kappa shape index (κ3) is 7.31. The first-order chi connectivity index (χ1) is 8.97. The van der Waals surface area contributed by atoms with Crippen molar-refractivity contribution in [2.75, 3.05) is 13.2 Å². The van der Waals surface area contributed by atoms with Crippen molar-refractivity contribution in [3.63, 3.8) is 0 Å². The third-order valence-electron chi connectivity index (χ3n) is 4.11. The normalized spacial score (nSPS) is 18.9. The van der Waals surface area contributed by atoms with Gasteiger partial charge in [0.15, 0.2) is 0 Å². The Hall–Kier alpha value is -0.0800. The van der Waals surface area contributed by atoms with Crippen molar-refractivity contribution in [2.24, 2.45) is 0 Å². The Balaban J connectivity index is 2.24. The quantitative estimate of drug-likeness (QED) is 0.614. The maximum atomic E-state index is 6.30. The van der Waals surface area contributed by atoms with E-state index in [0.717, 1.165) is 13.2 Å². The minimum absolute atomic E-state index is 0.137. The predicted octanol–water partition coefficient (Wildman–Crippen LogP) is 4.67. The van der Waals surface area contributed by atoms with Gasteiger partial charge in [-0.15, -0.1) is 0 Å². The van der Waals surface area contributed by atoms with E-state index in [1.807, 2.05) is 0 Å². The van der Waals surface area contributed by atoms with Gasteiger partial charge in [0.2, 0.25) is 0 Å². The molecular formula is C17H35NO. The smallest absolute Gasteiger partial charge is 0.0806 e. The van der Waals surface area contributed by atoms with E-state index in [-0.39, 0.29) is 11.1 Å². The van der Waals surface area contributed by atoms with Crippen LogP contribution in [-0.2, 0) is 4.74 Å².